The molecule has 1 aliphatic carbocycles. The van der Waals surface area contributed by atoms with E-state index in [0.29, 0.717) is 18.4 Å². The summed E-state index contributed by atoms with van der Waals surface area (Å²) in [6.45, 7) is 0. The SMILES string of the molecule is COc1ccc(OC)c(CC2=C(C(=O)O)CCCC2)c1. The fraction of sp³-hybridized carbons (Fsp3) is 0.438. The van der Waals surface area contributed by atoms with Crippen LogP contribution in [0.5, 0.6) is 11.5 Å². The van der Waals surface area contributed by atoms with Crippen LogP contribution in [0.2, 0.25) is 0 Å². The molecule has 0 bridgehead atoms. The van der Waals surface area contributed by atoms with Crippen molar-refractivity contribution in [1.29, 1.82) is 0 Å². The minimum atomic E-state index is -0.790. The van der Waals surface area contributed by atoms with Crippen molar-refractivity contribution in [3.63, 3.8) is 0 Å². The van der Waals surface area contributed by atoms with Crippen LogP contribution in [-0.4, -0.2) is 25.3 Å². The van der Waals surface area contributed by atoms with Crippen molar-refractivity contribution < 1.29 is 19.4 Å². The molecule has 1 aromatic rings. The van der Waals surface area contributed by atoms with Gasteiger partial charge in [0, 0.05) is 11.1 Å². The zero-order valence-electron chi connectivity index (χ0n) is 11.9. The number of carbonyl (C=O) groups is 1. The zero-order chi connectivity index (χ0) is 14.5. The minimum Gasteiger partial charge on any atom is -0.497 e. The summed E-state index contributed by atoms with van der Waals surface area (Å²) in [6, 6.07) is 5.62. The minimum absolute atomic E-state index is 0.570. The predicted molar refractivity (Wildman–Crippen MR) is 76.4 cm³/mol. The number of ether oxygens (including phenoxy) is 2. The molecule has 108 valence electrons. The molecule has 0 saturated heterocycles. The number of hydrogen-bond acceptors (Lipinski definition) is 3. The van der Waals surface area contributed by atoms with Crippen LogP contribution in [0.15, 0.2) is 29.3 Å². The van der Waals surface area contributed by atoms with Gasteiger partial charge in [0.05, 0.1) is 14.2 Å². The van der Waals surface area contributed by atoms with E-state index in [1.807, 2.05) is 18.2 Å². The topological polar surface area (TPSA) is 55.8 Å². The van der Waals surface area contributed by atoms with E-state index >= 15 is 0 Å². The summed E-state index contributed by atoms with van der Waals surface area (Å²) in [4.78, 5) is 11.3. The van der Waals surface area contributed by atoms with Crippen LogP contribution in [-0.2, 0) is 11.2 Å². The second kappa shape index (κ2) is 6.46. The molecule has 0 aliphatic heterocycles. The molecule has 0 spiro atoms. The Hall–Kier alpha value is -1.97. The molecule has 1 aliphatic rings. The van der Waals surface area contributed by atoms with Crippen molar-refractivity contribution in [3.05, 3.63) is 34.9 Å². The van der Waals surface area contributed by atoms with Crippen LogP contribution in [0.3, 0.4) is 0 Å². The lowest BCUT2D eigenvalue weighted by molar-refractivity contribution is -0.133. The number of aliphatic carboxylic acids is 1. The van der Waals surface area contributed by atoms with Gasteiger partial charge in [0.2, 0.25) is 0 Å². The molecule has 20 heavy (non-hydrogen) atoms. The van der Waals surface area contributed by atoms with E-state index in [0.717, 1.165) is 41.9 Å². The van der Waals surface area contributed by atoms with E-state index in [4.69, 9.17) is 9.47 Å². The first-order valence-corrected chi connectivity index (χ1v) is 6.80. The zero-order valence-corrected chi connectivity index (χ0v) is 11.9. The van der Waals surface area contributed by atoms with Gasteiger partial charge in [0.25, 0.3) is 0 Å². The van der Waals surface area contributed by atoms with Gasteiger partial charge in [-0.25, -0.2) is 4.79 Å². The smallest absolute Gasteiger partial charge is 0.331 e. The Balaban J connectivity index is 2.34. The molecule has 4 nitrogen and oxygen atoms in total. The average molecular weight is 276 g/mol. The van der Waals surface area contributed by atoms with Gasteiger partial charge in [0.1, 0.15) is 11.5 Å². The van der Waals surface area contributed by atoms with Gasteiger partial charge in [-0.05, 0) is 50.3 Å². The molecule has 0 fully saturated rings. The molecule has 0 heterocycles. The van der Waals surface area contributed by atoms with Crippen LogP contribution >= 0.6 is 0 Å². The second-order valence-electron chi connectivity index (χ2n) is 4.95. The average Bonchev–Trinajstić information content (AvgIpc) is 2.47. The highest BCUT2D eigenvalue weighted by Crippen LogP contribution is 2.32. The van der Waals surface area contributed by atoms with Crippen molar-refractivity contribution in [2.24, 2.45) is 0 Å². The molecule has 0 aromatic heterocycles. The number of rotatable bonds is 5. The number of methoxy groups -OCH3 is 2. The first kappa shape index (κ1) is 14.4. The summed E-state index contributed by atoms with van der Waals surface area (Å²) in [5.41, 5.74) is 2.55. The van der Waals surface area contributed by atoms with E-state index in [1.54, 1.807) is 14.2 Å². The highest BCUT2D eigenvalue weighted by Gasteiger charge is 2.19. The van der Waals surface area contributed by atoms with Crippen LogP contribution in [0.25, 0.3) is 0 Å². The molecule has 2 rings (SSSR count). The maximum absolute atomic E-state index is 11.3. The van der Waals surface area contributed by atoms with Gasteiger partial charge >= 0.3 is 5.97 Å². The van der Waals surface area contributed by atoms with Crippen molar-refractivity contribution in [1.82, 2.24) is 0 Å². The van der Waals surface area contributed by atoms with E-state index in [1.165, 1.54) is 0 Å². The van der Waals surface area contributed by atoms with E-state index in [2.05, 4.69) is 0 Å². The Morgan fingerprint density at radius 3 is 2.60 bits per heavy atom. The highest BCUT2D eigenvalue weighted by molar-refractivity contribution is 5.87. The largest absolute Gasteiger partial charge is 0.497 e. The van der Waals surface area contributed by atoms with Crippen LogP contribution in [0, 0.1) is 0 Å². The Bertz CT molecular complexity index is 531. The molecular weight excluding hydrogens is 256 g/mol. The second-order valence-corrected chi connectivity index (χ2v) is 4.95. The molecule has 0 atom stereocenters. The van der Waals surface area contributed by atoms with Crippen molar-refractivity contribution in [2.45, 2.75) is 32.1 Å². The predicted octanol–water partition coefficient (Wildman–Crippen LogP) is 3.20. The Labute approximate surface area is 119 Å². The Kier molecular flexibility index (Phi) is 4.66. The number of carboxylic acid groups (broad SMARTS) is 1. The summed E-state index contributed by atoms with van der Waals surface area (Å²) < 4.78 is 10.6. The molecule has 1 aromatic carbocycles. The summed E-state index contributed by atoms with van der Waals surface area (Å²) in [7, 11) is 3.24. The summed E-state index contributed by atoms with van der Waals surface area (Å²) in [5, 5.41) is 9.30. The molecule has 0 unspecified atom stereocenters. The Morgan fingerprint density at radius 1 is 1.20 bits per heavy atom. The van der Waals surface area contributed by atoms with Gasteiger partial charge in [-0.3, -0.25) is 0 Å². The van der Waals surface area contributed by atoms with Crippen molar-refractivity contribution in [2.75, 3.05) is 14.2 Å². The molecule has 4 heteroatoms. The molecule has 0 saturated carbocycles. The summed E-state index contributed by atoms with van der Waals surface area (Å²) >= 11 is 0. The van der Waals surface area contributed by atoms with Gasteiger partial charge in [0.15, 0.2) is 0 Å². The third-order valence-electron chi connectivity index (χ3n) is 3.73. The normalized spacial score (nSPS) is 15.1. The highest BCUT2D eigenvalue weighted by atomic mass is 16.5. The number of carboxylic acids is 1. The fourth-order valence-corrected chi connectivity index (χ4v) is 2.67. The maximum Gasteiger partial charge on any atom is 0.331 e. The molecule has 1 N–H and O–H groups in total. The fourth-order valence-electron chi connectivity index (χ4n) is 2.67. The lowest BCUT2D eigenvalue weighted by Crippen LogP contribution is -2.11. The molecule has 0 amide bonds. The number of allylic oxidation sites excluding steroid dienone is 1. The standard InChI is InChI=1S/C16H20O4/c1-19-13-7-8-15(20-2)12(10-13)9-11-5-3-4-6-14(11)16(17)18/h7-8,10H,3-6,9H2,1-2H3,(H,17,18). The monoisotopic (exact) mass is 276 g/mol. The first-order chi connectivity index (χ1) is 9.65. The first-order valence-electron chi connectivity index (χ1n) is 6.80. The van der Waals surface area contributed by atoms with E-state index < -0.39 is 5.97 Å². The quantitative estimate of drug-likeness (QED) is 0.897. The molecule has 0 radical (unpaired) electrons. The van der Waals surface area contributed by atoms with Crippen molar-refractivity contribution >= 4 is 5.97 Å². The lowest BCUT2D eigenvalue weighted by Gasteiger charge is -2.19. The third kappa shape index (κ3) is 3.13. The van der Waals surface area contributed by atoms with E-state index in [-0.39, 0.29) is 0 Å². The van der Waals surface area contributed by atoms with Crippen LogP contribution < -0.4 is 9.47 Å². The maximum atomic E-state index is 11.3. The van der Waals surface area contributed by atoms with Gasteiger partial charge < -0.3 is 14.6 Å². The number of hydrogen-bond donors (Lipinski definition) is 1. The molecular formula is C16H20O4. The third-order valence-corrected chi connectivity index (χ3v) is 3.73. The number of benzene rings is 1. The van der Waals surface area contributed by atoms with Crippen LogP contribution in [0.4, 0.5) is 0 Å². The Morgan fingerprint density at radius 2 is 1.95 bits per heavy atom. The van der Waals surface area contributed by atoms with Gasteiger partial charge in [-0.15, -0.1) is 0 Å². The van der Waals surface area contributed by atoms with Gasteiger partial charge in [-0.1, -0.05) is 5.57 Å². The van der Waals surface area contributed by atoms with Crippen molar-refractivity contribution in [3.8, 4) is 11.5 Å². The summed E-state index contributed by atoms with van der Waals surface area (Å²) in [5.74, 6) is 0.740. The van der Waals surface area contributed by atoms with Crippen LogP contribution in [0.1, 0.15) is 31.2 Å². The lowest BCUT2D eigenvalue weighted by atomic mass is 9.87. The van der Waals surface area contributed by atoms with E-state index in [9.17, 15) is 9.90 Å². The summed E-state index contributed by atoms with van der Waals surface area (Å²) in [6.07, 6.45) is 4.14. The van der Waals surface area contributed by atoms with Gasteiger partial charge in [-0.2, -0.15) is 0 Å².